The van der Waals surface area contributed by atoms with E-state index in [2.05, 4.69) is 5.32 Å². The molecule has 1 N–H and O–H groups in total. The van der Waals surface area contributed by atoms with Crippen LogP contribution in [0.4, 0.5) is 5.69 Å². The van der Waals surface area contributed by atoms with Crippen molar-refractivity contribution in [2.75, 3.05) is 23.7 Å². The fourth-order valence-corrected chi connectivity index (χ4v) is 3.99. The molecule has 0 saturated heterocycles. The van der Waals surface area contributed by atoms with Gasteiger partial charge in [0, 0.05) is 13.1 Å². The van der Waals surface area contributed by atoms with Gasteiger partial charge in [-0.3, -0.25) is 13.9 Å². The van der Waals surface area contributed by atoms with E-state index in [1.54, 1.807) is 31.2 Å². The third-order valence-electron chi connectivity index (χ3n) is 5.05. The van der Waals surface area contributed by atoms with Gasteiger partial charge >= 0.3 is 0 Å². The van der Waals surface area contributed by atoms with Crippen LogP contribution in [0.1, 0.15) is 31.9 Å². The van der Waals surface area contributed by atoms with Gasteiger partial charge in [0.1, 0.15) is 12.6 Å². The van der Waals surface area contributed by atoms with E-state index in [0.717, 1.165) is 21.7 Å². The van der Waals surface area contributed by atoms with Crippen molar-refractivity contribution in [1.29, 1.82) is 0 Å². The topological polar surface area (TPSA) is 86.8 Å². The summed E-state index contributed by atoms with van der Waals surface area (Å²) in [5, 5.41) is 2.86. The number of nitrogens with zero attached hydrogens (tertiary/aromatic N) is 2. The monoisotopic (exact) mass is 459 g/mol. The van der Waals surface area contributed by atoms with Gasteiger partial charge < -0.3 is 10.2 Å². The van der Waals surface area contributed by atoms with Crippen LogP contribution in [0.5, 0.6) is 0 Å². The summed E-state index contributed by atoms with van der Waals surface area (Å²) >= 11 is 0. The van der Waals surface area contributed by atoms with Gasteiger partial charge in [0.25, 0.3) is 0 Å². The van der Waals surface area contributed by atoms with Crippen molar-refractivity contribution in [2.45, 2.75) is 40.3 Å². The van der Waals surface area contributed by atoms with Crippen molar-refractivity contribution in [1.82, 2.24) is 10.2 Å². The number of carbonyl (C=O) groups excluding carboxylic acids is 2. The highest BCUT2D eigenvalue weighted by molar-refractivity contribution is 7.92. The first-order valence-electron chi connectivity index (χ1n) is 10.6. The number of hydrogen-bond acceptors (Lipinski definition) is 4. The van der Waals surface area contributed by atoms with Crippen LogP contribution in [-0.4, -0.2) is 50.5 Å². The van der Waals surface area contributed by atoms with Crippen LogP contribution in [0.3, 0.4) is 0 Å². The number of benzene rings is 2. The first kappa shape index (κ1) is 25.4. The highest BCUT2D eigenvalue weighted by Crippen LogP contribution is 2.19. The minimum absolute atomic E-state index is 0.196. The van der Waals surface area contributed by atoms with E-state index in [-0.39, 0.29) is 18.4 Å². The Hall–Kier alpha value is -2.87. The van der Waals surface area contributed by atoms with E-state index < -0.39 is 28.5 Å². The molecular formula is C24H33N3O4S. The molecule has 174 valence electrons. The van der Waals surface area contributed by atoms with Crippen LogP contribution in [0.2, 0.25) is 0 Å². The highest BCUT2D eigenvalue weighted by Gasteiger charge is 2.30. The number of anilines is 1. The number of amides is 2. The molecule has 2 aromatic carbocycles. The third kappa shape index (κ3) is 7.37. The van der Waals surface area contributed by atoms with Crippen LogP contribution >= 0.6 is 0 Å². The molecule has 0 saturated carbocycles. The Morgan fingerprint density at radius 1 is 0.969 bits per heavy atom. The largest absolute Gasteiger partial charge is 0.354 e. The molecule has 0 aromatic heterocycles. The molecule has 0 heterocycles. The van der Waals surface area contributed by atoms with E-state index in [9.17, 15) is 18.0 Å². The molecule has 0 fully saturated rings. The van der Waals surface area contributed by atoms with Gasteiger partial charge in [-0.15, -0.1) is 0 Å². The molecule has 0 aliphatic carbocycles. The standard InChI is InChI=1S/C24H33N3O4S/c1-18(2)15-25-24(29)20(4)26(16-21-9-7-6-8-10-21)23(28)17-27(32(5,30)31)22-13-11-19(3)12-14-22/h6-14,18,20H,15-17H2,1-5H3,(H,25,29)/t20-/m1/s1. The molecule has 2 amide bonds. The van der Waals surface area contributed by atoms with Crippen molar-refractivity contribution in [2.24, 2.45) is 5.92 Å². The predicted octanol–water partition coefficient (Wildman–Crippen LogP) is 2.95. The molecule has 2 rings (SSSR count). The average Bonchev–Trinajstić information content (AvgIpc) is 2.74. The Morgan fingerprint density at radius 2 is 1.56 bits per heavy atom. The molecule has 0 radical (unpaired) electrons. The van der Waals surface area contributed by atoms with Crippen molar-refractivity contribution >= 4 is 27.5 Å². The number of hydrogen-bond donors (Lipinski definition) is 1. The van der Waals surface area contributed by atoms with Gasteiger partial charge in [-0.05, 0) is 37.5 Å². The first-order chi connectivity index (χ1) is 15.0. The van der Waals surface area contributed by atoms with Gasteiger partial charge in [0.2, 0.25) is 21.8 Å². The molecular weight excluding hydrogens is 426 g/mol. The molecule has 0 unspecified atom stereocenters. The van der Waals surface area contributed by atoms with E-state index in [1.165, 1.54) is 4.90 Å². The molecule has 32 heavy (non-hydrogen) atoms. The van der Waals surface area contributed by atoms with E-state index in [0.29, 0.717) is 12.2 Å². The lowest BCUT2D eigenvalue weighted by Gasteiger charge is -2.31. The maximum Gasteiger partial charge on any atom is 0.244 e. The predicted molar refractivity (Wildman–Crippen MR) is 128 cm³/mol. The molecule has 2 aromatic rings. The molecule has 0 spiro atoms. The Labute approximate surface area is 191 Å². The summed E-state index contributed by atoms with van der Waals surface area (Å²) in [6.07, 6.45) is 1.07. The number of sulfonamides is 1. The Kier molecular flexibility index (Phi) is 8.83. The van der Waals surface area contributed by atoms with Gasteiger partial charge in [0.15, 0.2) is 0 Å². The normalized spacial score (nSPS) is 12.3. The maximum absolute atomic E-state index is 13.4. The summed E-state index contributed by atoms with van der Waals surface area (Å²) in [4.78, 5) is 27.5. The van der Waals surface area contributed by atoms with E-state index in [1.807, 2.05) is 51.1 Å². The summed E-state index contributed by atoms with van der Waals surface area (Å²) in [5.41, 5.74) is 2.24. The molecule has 0 aliphatic rings. The second-order valence-electron chi connectivity index (χ2n) is 8.43. The van der Waals surface area contributed by atoms with Crippen LogP contribution in [-0.2, 0) is 26.2 Å². The molecule has 0 aliphatic heterocycles. The Morgan fingerprint density at radius 3 is 2.09 bits per heavy atom. The number of carbonyl (C=O) groups is 2. The summed E-state index contributed by atoms with van der Waals surface area (Å²) < 4.78 is 26.1. The minimum atomic E-state index is -3.71. The lowest BCUT2D eigenvalue weighted by molar-refractivity contribution is -0.139. The van der Waals surface area contributed by atoms with Crippen molar-refractivity contribution in [3.8, 4) is 0 Å². The van der Waals surface area contributed by atoms with Crippen molar-refractivity contribution in [3.63, 3.8) is 0 Å². The molecule has 7 nitrogen and oxygen atoms in total. The van der Waals surface area contributed by atoms with Gasteiger partial charge in [-0.25, -0.2) is 8.42 Å². The Balaban J connectivity index is 2.32. The highest BCUT2D eigenvalue weighted by atomic mass is 32.2. The summed E-state index contributed by atoms with van der Waals surface area (Å²) in [7, 11) is -3.71. The van der Waals surface area contributed by atoms with Crippen LogP contribution in [0.15, 0.2) is 54.6 Å². The quantitative estimate of drug-likeness (QED) is 0.592. The summed E-state index contributed by atoms with van der Waals surface area (Å²) in [6, 6.07) is 15.5. The van der Waals surface area contributed by atoms with Crippen LogP contribution in [0, 0.1) is 12.8 Å². The van der Waals surface area contributed by atoms with Crippen molar-refractivity contribution < 1.29 is 18.0 Å². The maximum atomic E-state index is 13.4. The SMILES string of the molecule is Cc1ccc(N(CC(=O)N(Cc2ccccc2)[C@H](C)C(=O)NCC(C)C)S(C)(=O)=O)cc1. The van der Waals surface area contributed by atoms with E-state index in [4.69, 9.17) is 0 Å². The summed E-state index contributed by atoms with van der Waals surface area (Å²) in [5.74, 6) is -0.456. The number of nitrogens with one attached hydrogen (secondary N) is 1. The smallest absolute Gasteiger partial charge is 0.244 e. The van der Waals surface area contributed by atoms with Gasteiger partial charge in [-0.2, -0.15) is 0 Å². The average molecular weight is 460 g/mol. The zero-order valence-electron chi connectivity index (χ0n) is 19.4. The number of rotatable bonds is 10. The summed E-state index contributed by atoms with van der Waals surface area (Å²) in [6.45, 7) is 7.84. The van der Waals surface area contributed by atoms with Gasteiger partial charge in [-0.1, -0.05) is 61.9 Å². The second kappa shape index (κ2) is 11.1. The Bertz CT molecular complexity index is 1010. The zero-order valence-corrected chi connectivity index (χ0v) is 20.2. The van der Waals surface area contributed by atoms with Crippen LogP contribution < -0.4 is 9.62 Å². The molecule has 1 atom stereocenters. The first-order valence-corrected chi connectivity index (χ1v) is 12.5. The van der Waals surface area contributed by atoms with E-state index >= 15 is 0 Å². The lowest BCUT2D eigenvalue weighted by Crippen LogP contribution is -2.51. The second-order valence-corrected chi connectivity index (χ2v) is 10.3. The molecule has 8 heteroatoms. The third-order valence-corrected chi connectivity index (χ3v) is 6.19. The molecule has 0 bridgehead atoms. The zero-order chi connectivity index (χ0) is 23.9. The number of aryl methyl sites for hydroxylation is 1. The lowest BCUT2D eigenvalue weighted by atomic mass is 10.1. The minimum Gasteiger partial charge on any atom is -0.354 e. The fourth-order valence-electron chi connectivity index (χ4n) is 3.14. The van der Waals surface area contributed by atoms with Crippen LogP contribution in [0.25, 0.3) is 0 Å². The fraction of sp³-hybridized carbons (Fsp3) is 0.417. The van der Waals surface area contributed by atoms with Crippen molar-refractivity contribution in [3.05, 3.63) is 65.7 Å². The van der Waals surface area contributed by atoms with Gasteiger partial charge in [0.05, 0.1) is 11.9 Å².